The lowest BCUT2D eigenvalue weighted by atomic mass is 9.88. The van der Waals surface area contributed by atoms with E-state index in [-0.39, 0.29) is 5.82 Å². The SMILES string of the molecule is NC(=O)N(Cc1ccc(-c2ccccc2F)cc1)c1cccc2c1CC(O)CC2. The number of anilines is 1. The second kappa shape index (κ2) is 8.05. The summed E-state index contributed by atoms with van der Waals surface area (Å²) in [5, 5.41) is 10.1. The maximum absolute atomic E-state index is 14.0. The molecule has 1 unspecified atom stereocenters. The number of rotatable bonds is 4. The van der Waals surface area contributed by atoms with Crippen molar-refractivity contribution in [2.45, 2.75) is 31.9 Å². The number of aryl methyl sites for hydroxylation is 1. The number of hydrogen-bond donors (Lipinski definition) is 2. The van der Waals surface area contributed by atoms with Gasteiger partial charge < -0.3 is 10.8 Å². The molecule has 2 amide bonds. The Bertz CT molecular complexity index is 1030. The van der Waals surface area contributed by atoms with Crippen LogP contribution in [0.15, 0.2) is 66.7 Å². The molecule has 0 aromatic heterocycles. The number of amides is 2. The van der Waals surface area contributed by atoms with Crippen LogP contribution in [0, 0.1) is 5.82 Å². The van der Waals surface area contributed by atoms with Crippen molar-refractivity contribution in [1.82, 2.24) is 0 Å². The molecule has 148 valence electrons. The zero-order valence-electron chi connectivity index (χ0n) is 16.0. The number of nitrogens with zero attached hydrogens (tertiary/aromatic N) is 1. The molecule has 0 bridgehead atoms. The van der Waals surface area contributed by atoms with Crippen LogP contribution in [0.25, 0.3) is 11.1 Å². The fraction of sp³-hybridized carbons (Fsp3) is 0.208. The lowest BCUT2D eigenvalue weighted by Crippen LogP contribution is -2.36. The fourth-order valence-electron chi connectivity index (χ4n) is 3.95. The van der Waals surface area contributed by atoms with Gasteiger partial charge in [0.25, 0.3) is 0 Å². The predicted molar refractivity (Wildman–Crippen MR) is 112 cm³/mol. The molecule has 4 rings (SSSR count). The van der Waals surface area contributed by atoms with E-state index in [9.17, 15) is 14.3 Å². The second-order valence-corrected chi connectivity index (χ2v) is 7.41. The van der Waals surface area contributed by atoms with Gasteiger partial charge >= 0.3 is 6.03 Å². The quantitative estimate of drug-likeness (QED) is 0.692. The molecule has 0 aliphatic heterocycles. The van der Waals surface area contributed by atoms with Gasteiger partial charge in [0.2, 0.25) is 0 Å². The minimum atomic E-state index is -0.545. The number of carbonyl (C=O) groups excluding carboxylic acids is 1. The van der Waals surface area contributed by atoms with Crippen molar-refractivity contribution in [1.29, 1.82) is 0 Å². The van der Waals surface area contributed by atoms with E-state index in [0.717, 1.165) is 40.8 Å². The molecule has 0 fully saturated rings. The summed E-state index contributed by atoms with van der Waals surface area (Å²) in [4.78, 5) is 13.8. The number of carbonyl (C=O) groups is 1. The van der Waals surface area contributed by atoms with Crippen molar-refractivity contribution in [3.63, 3.8) is 0 Å². The maximum Gasteiger partial charge on any atom is 0.319 e. The first-order valence-corrected chi connectivity index (χ1v) is 9.72. The Hall–Kier alpha value is -3.18. The van der Waals surface area contributed by atoms with Crippen molar-refractivity contribution in [2.75, 3.05) is 4.90 Å². The number of urea groups is 1. The average Bonchev–Trinajstić information content (AvgIpc) is 2.72. The third-order valence-corrected chi connectivity index (χ3v) is 5.47. The number of aliphatic hydroxyl groups excluding tert-OH is 1. The largest absolute Gasteiger partial charge is 0.393 e. The van der Waals surface area contributed by atoms with Crippen molar-refractivity contribution in [2.24, 2.45) is 5.73 Å². The zero-order valence-corrected chi connectivity index (χ0v) is 16.0. The number of fused-ring (bicyclic) bond motifs is 1. The van der Waals surface area contributed by atoms with Gasteiger partial charge in [-0.25, -0.2) is 9.18 Å². The van der Waals surface area contributed by atoms with Crippen LogP contribution in [-0.2, 0) is 19.4 Å². The minimum absolute atomic E-state index is 0.270. The Balaban J connectivity index is 1.62. The first-order chi connectivity index (χ1) is 14.0. The van der Waals surface area contributed by atoms with Gasteiger partial charge in [-0.3, -0.25) is 4.90 Å². The lowest BCUT2D eigenvalue weighted by Gasteiger charge is -2.29. The van der Waals surface area contributed by atoms with Gasteiger partial charge in [0, 0.05) is 17.7 Å². The average molecular weight is 390 g/mol. The summed E-state index contributed by atoms with van der Waals surface area (Å²) in [5.74, 6) is -0.270. The smallest absolute Gasteiger partial charge is 0.319 e. The van der Waals surface area contributed by atoms with Gasteiger partial charge in [0.1, 0.15) is 5.82 Å². The van der Waals surface area contributed by atoms with E-state index in [1.165, 1.54) is 11.0 Å². The first kappa shape index (κ1) is 19.2. The summed E-state index contributed by atoms with van der Waals surface area (Å²) in [6.07, 6.45) is 1.62. The molecule has 0 saturated heterocycles. The summed E-state index contributed by atoms with van der Waals surface area (Å²) in [6.45, 7) is 0.305. The molecule has 1 atom stereocenters. The van der Waals surface area contributed by atoms with Gasteiger partial charge in [-0.15, -0.1) is 0 Å². The highest BCUT2D eigenvalue weighted by Gasteiger charge is 2.24. The van der Waals surface area contributed by atoms with Gasteiger partial charge in [-0.2, -0.15) is 0 Å². The number of halogens is 1. The highest BCUT2D eigenvalue weighted by molar-refractivity contribution is 5.91. The predicted octanol–water partition coefficient (Wildman–Crippen LogP) is 4.43. The fourth-order valence-corrected chi connectivity index (χ4v) is 3.95. The third-order valence-electron chi connectivity index (χ3n) is 5.47. The van der Waals surface area contributed by atoms with Crippen LogP contribution in [0.4, 0.5) is 14.9 Å². The molecule has 1 aliphatic carbocycles. The topological polar surface area (TPSA) is 66.6 Å². The maximum atomic E-state index is 14.0. The number of benzene rings is 3. The number of hydrogen-bond acceptors (Lipinski definition) is 2. The van der Waals surface area contributed by atoms with E-state index in [0.29, 0.717) is 18.5 Å². The molecule has 0 saturated carbocycles. The molecule has 0 heterocycles. The highest BCUT2D eigenvalue weighted by Crippen LogP contribution is 2.32. The lowest BCUT2D eigenvalue weighted by molar-refractivity contribution is 0.158. The molecule has 0 radical (unpaired) electrons. The van der Waals surface area contributed by atoms with Crippen LogP contribution in [0.1, 0.15) is 23.1 Å². The third kappa shape index (κ3) is 4.00. The zero-order chi connectivity index (χ0) is 20.4. The minimum Gasteiger partial charge on any atom is -0.393 e. The van der Waals surface area contributed by atoms with Crippen molar-refractivity contribution >= 4 is 11.7 Å². The monoisotopic (exact) mass is 390 g/mol. The van der Waals surface area contributed by atoms with Gasteiger partial charge in [0.15, 0.2) is 0 Å². The molecular formula is C24H23FN2O2. The van der Waals surface area contributed by atoms with Gasteiger partial charge in [0.05, 0.1) is 12.6 Å². The number of primary amides is 1. The van der Waals surface area contributed by atoms with Crippen LogP contribution in [-0.4, -0.2) is 17.2 Å². The van der Waals surface area contributed by atoms with E-state index in [1.54, 1.807) is 18.2 Å². The summed E-state index contributed by atoms with van der Waals surface area (Å²) in [6, 6.07) is 19.4. The molecule has 3 aromatic rings. The Morgan fingerprint density at radius 1 is 1.07 bits per heavy atom. The molecule has 3 aromatic carbocycles. The van der Waals surface area contributed by atoms with Crippen molar-refractivity contribution in [3.8, 4) is 11.1 Å². The molecule has 1 aliphatic rings. The van der Waals surface area contributed by atoms with E-state index in [2.05, 4.69) is 0 Å². The Kier molecular flexibility index (Phi) is 5.32. The van der Waals surface area contributed by atoms with E-state index >= 15 is 0 Å². The number of aliphatic hydroxyl groups is 1. The van der Waals surface area contributed by atoms with Crippen molar-refractivity contribution < 1.29 is 14.3 Å². The highest BCUT2D eigenvalue weighted by atomic mass is 19.1. The van der Waals surface area contributed by atoms with Crippen LogP contribution < -0.4 is 10.6 Å². The summed E-state index contributed by atoms with van der Waals surface area (Å²) in [7, 11) is 0. The Morgan fingerprint density at radius 2 is 1.83 bits per heavy atom. The Morgan fingerprint density at radius 3 is 2.55 bits per heavy atom. The van der Waals surface area contributed by atoms with Crippen LogP contribution in [0.2, 0.25) is 0 Å². The molecule has 3 N–H and O–H groups in total. The van der Waals surface area contributed by atoms with E-state index in [1.807, 2.05) is 42.5 Å². The van der Waals surface area contributed by atoms with Crippen LogP contribution in [0.5, 0.6) is 0 Å². The molecular weight excluding hydrogens is 367 g/mol. The molecule has 5 heteroatoms. The molecule has 4 nitrogen and oxygen atoms in total. The number of nitrogens with two attached hydrogens (primary N) is 1. The van der Waals surface area contributed by atoms with Gasteiger partial charge in [-0.05, 0) is 47.2 Å². The molecule has 29 heavy (non-hydrogen) atoms. The van der Waals surface area contributed by atoms with Crippen LogP contribution in [0.3, 0.4) is 0 Å². The molecule has 0 spiro atoms. The van der Waals surface area contributed by atoms with Crippen molar-refractivity contribution in [3.05, 3.63) is 89.2 Å². The van der Waals surface area contributed by atoms with E-state index in [4.69, 9.17) is 5.73 Å². The Labute approximate surface area is 169 Å². The normalized spacial score (nSPS) is 15.6. The summed E-state index contributed by atoms with van der Waals surface area (Å²) >= 11 is 0. The van der Waals surface area contributed by atoms with E-state index < -0.39 is 12.1 Å². The summed E-state index contributed by atoms with van der Waals surface area (Å²) < 4.78 is 14.0. The first-order valence-electron chi connectivity index (χ1n) is 9.72. The standard InChI is InChI=1S/C24H23FN2O2/c25-22-6-2-1-5-20(22)18-10-8-16(9-11-18)15-27(24(26)29)23-7-3-4-17-12-13-19(28)14-21(17)23/h1-11,19,28H,12-15H2,(H2,26,29). The summed E-state index contributed by atoms with van der Waals surface area (Å²) in [5.41, 5.74) is 10.8. The second-order valence-electron chi connectivity index (χ2n) is 7.41. The van der Waals surface area contributed by atoms with Gasteiger partial charge in [-0.1, -0.05) is 54.6 Å². The van der Waals surface area contributed by atoms with Crippen LogP contribution >= 0.6 is 0 Å².